The second-order valence-corrected chi connectivity index (χ2v) is 5.56. The second-order valence-electron chi connectivity index (χ2n) is 5.56. The lowest BCUT2D eigenvalue weighted by molar-refractivity contribution is 0.307. The Balaban J connectivity index is 2.00. The molecular formula is C17H26. The average molecular weight is 230 g/mol. The van der Waals surface area contributed by atoms with E-state index in [2.05, 4.69) is 38.1 Å². The fourth-order valence-electron chi connectivity index (χ4n) is 3.42. The molecule has 1 aromatic rings. The smallest absolute Gasteiger partial charge is 0.0159 e. The SMILES string of the molecule is CCCC1CCC(c2ccccc2CC)CC1. The van der Waals surface area contributed by atoms with Crippen molar-refractivity contribution < 1.29 is 0 Å². The largest absolute Gasteiger partial charge is 0.0654 e. The first-order valence-electron chi connectivity index (χ1n) is 7.43. The zero-order valence-electron chi connectivity index (χ0n) is 11.4. The Labute approximate surface area is 106 Å². The monoisotopic (exact) mass is 230 g/mol. The summed E-state index contributed by atoms with van der Waals surface area (Å²) < 4.78 is 0. The Hall–Kier alpha value is -0.780. The van der Waals surface area contributed by atoms with Crippen LogP contribution in [-0.2, 0) is 6.42 Å². The summed E-state index contributed by atoms with van der Waals surface area (Å²) in [6.45, 7) is 4.60. The number of aryl methyl sites for hydroxylation is 1. The molecule has 2 rings (SSSR count). The zero-order valence-corrected chi connectivity index (χ0v) is 11.4. The van der Waals surface area contributed by atoms with Crippen molar-refractivity contribution >= 4 is 0 Å². The van der Waals surface area contributed by atoms with E-state index < -0.39 is 0 Å². The Kier molecular flexibility index (Phi) is 4.65. The van der Waals surface area contributed by atoms with Crippen LogP contribution >= 0.6 is 0 Å². The summed E-state index contributed by atoms with van der Waals surface area (Å²) in [5.74, 6) is 1.87. The highest BCUT2D eigenvalue weighted by Gasteiger charge is 2.22. The van der Waals surface area contributed by atoms with Gasteiger partial charge in [-0.3, -0.25) is 0 Å². The molecule has 0 saturated heterocycles. The van der Waals surface area contributed by atoms with Gasteiger partial charge in [0.15, 0.2) is 0 Å². The first kappa shape index (κ1) is 12.7. The standard InChI is InChI=1S/C17H26/c1-3-7-14-10-12-16(13-11-14)17-9-6-5-8-15(17)4-2/h5-6,8-9,14,16H,3-4,7,10-13H2,1-2H3. The summed E-state index contributed by atoms with van der Waals surface area (Å²) in [7, 11) is 0. The third kappa shape index (κ3) is 3.12. The molecule has 1 aliphatic carbocycles. The van der Waals surface area contributed by atoms with Crippen LogP contribution < -0.4 is 0 Å². The maximum absolute atomic E-state index is 2.36. The molecule has 1 aromatic carbocycles. The fourth-order valence-corrected chi connectivity index (χ4v) is 3.42. The summed E-state index contributed by atoms with van der Waals surface area (Å²) in [4.78, 5) is 0. The van der Waals surface area contributed by atoms with Crippen molar-refractivity contribution in [2.45, 2.75) is 64.7 Å². The predicted molar refractivity (Wildman–Crippen MR) is 75.4 cm³/mol. The third-order valence-electron chi connectivity index (χ3n) is 4.42. The van der Waals surface area contributed by atoms with Gasteiger partial charge in [0.1, 0.15) is 0 Å². The first-order chi connectivity index (χ1) is 8.35. The number of rotatable bonds is 4. The van der Waals surface area contributed by atoms with Crippen molar-refractivity contribution in [2.75, 3.05) is 0 Å². The molecule has 0 spiro atoms. The van der Waals surface area contributed by atoms with Gasteiger partial charge < -0.3 is 0 Å². The highest BCUT2D eigenvalue weighted by molar-refractivity contribution is 5.30. The van der Waals surface area contributed by atoms with Gasteiger partial charge in [0.05, 0.1) is 0 Å². The molecule has 1 saturated carbocycles. The number of hydrogen-bond acceptors (Lipinski definition) is 0. The molecule has 0 N–H and O–H groups in total. The fraction of sp³-hybridized carbons (Fsp3) is 0.647. The second kappa shape index (κ2) is 6.23. The number of benzene rings is 1. The van der Waals surface area contributed by atoms with Gasteiger partial charge in [-0.15, -0.1) is 0 Å². The summed E-state index contributed by atoms with van der Waals surface area (Å²) >= 11 is 0. The van der Waals surface area contributed by atoms with Crippen LogP contribution in [0.2, 0.25) is 0 Å². The summed E-state index contributed by atoms with van der Waals surface area (Å²) in [6, 6.07) is 9.08. The zero-order chi connectivity index (χ0) is 12.1. The van der Waals surface area contributed by atoms with Crippen LogP contribution in [0.1, 0.15) is 69.4 Å². The van der Waals surface area contributed by atoms with Crippen LogP contribution in [0.3, 0.4) is 0 Å². The van der Waals surface area contributed by atoms with E-state index in [1.807, 2.05) is 0 Å². The molecule has 0 unspecified atom stereocenters. The molecule has 0 atom stereocenters. The van der Waals surface area contributed by atoms with Crippen LogP contribution in [0, 0.1) is 5.92 Å². The molecule has 0 bridgehead atoms. The molecule has 0 aliphatic heterocycles. The maximum atomic E-state index is 2.36. The Morgan fingerprint density at radius 3 is 2.35 bits per heavy atom. The molecule has 1 aliphatic rings. The van der Waals surface area contributed by atoms with Crippen molar-refractivity contribution in [3.63, 3.8) is 0 Å². The van der Waals surface area contributed by atoms with Gasteiger partial charge in [0.25, 0.3) is 0 Å². The van der Waals surface area contributed by atoms with Crippen molar-refractivity contribution in [1.29, 1.82) is 0 Å². The van der Waals surface area contributed by atoms with E-state index in [4.69, 9.17) is 0 Å². The van der Waals surface area contributed by atoms with Crippen LogP contribution in [0.5, 0.6) is 0 Å². The maximum Gasteiger partial charge on any atom is -0.0159 e. The highest BCUT2D eigenvalue weighted by atomic mass is 14.3. The van der Waals surface area contributed by atoms with Gasteiger partial charge in [-0.2, -0.15) is 0 Å². The Morgan fingerprint density at radius 2 is 1.71 bits per heavy atom. The van der Waals surface area contributed by atoms with Crippen LogP contribution in [0.4, 0.5) is 0 Å². The van der Waals surface area contributed by atoms with E-state index in [0.717, 1.165) is 11.8 Å². The molecule has 0 heterocycles. The summed E-state index contributed by atoms with van der Waals surface area (Å²) in [5, 5.41) is 0. The molecule has 1 fully saturated rings. The van der Waals surface area contributed by atoms with Gasteiger partial charge in [-0.25, -0.2) is 0 Å². The minimum atomic E-state index is 0.847. The van der Waals surface area contributed by atoms with E-state index in [-0.39, 0.29) is 0 Å². The van der Waals surface area contributed by atoms with Gasteiger partial charge >= 0.3 is 0 Å². The lowest BCUT2D eigenvalue weighted by Crippen LogP contribution is -2.14. The molecule has 0 aromatic heterocycles. The number of hydrogen-bond donors (Lipinski definition) is 0. The van der Waals surface area contributed by atoms with Crippen LogP contribution in [0.15, 0.2) is 24.3 Å². The van der Waals surface area contributed by atoms with E-state index in [1.165, 1.54) is 44.9 Å². The Bertz CT molecular complexity index is 332. The normalized spacial score (nSPS) is 24.8. The predicted octanol–water partition coefficient (Wildman–Crippen LogP) is 5.32. The quantitative estimate of drug-likeness (QED) is 0.656. The van der Waals surface area contributed by atoms with Crippen LogP contribution in [0.25, 0.3) is 0 Å². The minimum absolute atomic E-state index is 0.847. The first-order valence-corrected chi connectivity index (χ1v) is 7.43. The minimum Gasteiger partial charge on any atom is -0.0654 e. The summed E-state index contributed by atoms with van der Waals surface area (Å²) in [5.41, 5.74) is 3.22. The van der Waals surface area contributed by atoms with E-state index in [1.54, 1.807) is 11.1 Å². The molecular weight excluding hydrogens is 204 g/mol. The highest BCUT2D eigenvalue weighted by Crippen LogP contribution is 2.38. The topological polar surface area (TPSA) is 0 Å². The van der Waals surface area contributed by atoms with Gasteiger partial charge in [-0.05, 0) is 55.1 Å². The van der Waals surface area contributed by atoms with Crippen molar-refractivity contribution in [3.05, 3.63) is 35.4 Å². The van der Waals surface area contributed by atoms with Crippen molar-refractivity contribution in [1.82, 2.24) is 0 Å². The average Bonchev–Trinajstić information content (AvgIpc) is 2.40. The lowest BCUT2D eigenvalue weighted by Gasteiger charge is -2.29. The summed E-state index contributed by atoms with van der Waals surface area (Å²) in [6.07, 6.45) is 9.74. The van der Waals surface area contributed by atoms with Crippen LogP contribution in [-0.4, -0.2) is 0 Å². The van der Waals surface area contributed by atoms with Gasteiger partial charge in [-0.1, -0.05) is 51.0 Å². The van der Waals surface area contributed by atoms with Crippen molar-refractivity contribution in [2.24, 2.45) is 5.92 Å². The molecule has 0 amide bonds. The molecule has 0 radical (unpaired) electrons. The Morgan fingerprint density at radius 1 is 1.00 bits per heavy atom. The molecule has 0 heteroatoms. The third-order valence-corrected chi connectivity index (χ3v) is 4.42. The lowest BCUT2D eigenvalue weighted by atomic mass is 9.76. The molecule has 17 heavy (non-hydrogen) atoms. The molecule has 0 nitrogen and oxygen atoms in total. The van der Waals surface area contributed by atoms with Gasteiger partial charge in [0, 0.05) is 0 Å². The van der Waals surface area contributed by atoms with Crippen molar-refractivity contribution in [3.8, 4) is 0 Å². The molecule has 94 valence electrons. The van der Waals surface area contributed by atoms with E-state index in [9.17, 15) is 0 Å². The van der Waals surface area contributed by atoms with E-state index in [0.29, 0.717) is 0 Å². The van der Waals surface area contributed by atoms with Gasteiger partial charge in [0.2, 0.25) is 0 Å². The van der Waals surface area contributed by atoms with E-state index >= 15 is 0 Å².